The highest BCUT2D eigenvalue weighted by Crippen LogP contribution is 2.19. The van der Waals surface area contributed by atoms with Crippen LogP contribution in [0.3, 0.4) is 0 Å². The molecule has 0 unspecified atom stereocenters. The van der Waals surface area contributed by atoms with Gasteiger partial charge in [0.1, 0.15) is 18.5 Å². The number of H-pyrrole nitrogens is 1. The number of nitrogens with one attached hydrogen (secondary N) is 1. The van der Waals surface area contributed by atoms with Crippen LogP contribution in [0.2, 0.25) is 0 Å². The topological polar surface area (TPSA) is 63.7 Å². The van der Waals surface area contributed by atoms with Crippen molar-refractivity contribution in [1.82, 2.24) is 19.9 Å². The Kier molecular flexibility index (Phi) is 2.87. The molecule has 2 heterocycles. The molecule has 1 aromatic carbocycles. The van der Waals surface area contributed by atoms with Crippen molar-refractivity contribution in [2.75, 3.05) is 0 Å². The molecule has 0 aliphatic heterocycles. The van der Waals surface area contributed by atoms with Gasteiger partial charge in [0.2, 0.25) is 5.88 Å². The summed E-state index contributed by atoms with van der Waals surface area (Å²) in [5, 5.41) is 0. The Morgan fingerprint density at radius 2 is 2.00 bits per heavy atom. The minimum atomic E-state index is 0.478. The van der Waals surface area contributed by atoms with Crippen LogP contribution < -0.4 is 4.74 Å². The van der Waals surface area contributed by atoms with Gasteiger partial charge in [0.15, 0.2) is 5.65 Å². The van der Waals surface area contributed by atoms with Crippen LogP contribution >= 0.6 is 0 Å². The van der Waals surface area contributed by atoms with Crippen LogP contribution in [0.15, 0.2) is 30.9 Å². The Morgan fingerprint density at radius 3 is 2.84 bits per heavy atom. The summed E-state index contributed by atoms with van der Waals surface area (Å²) in [6, 6.07) is 6.29. The molecule has 0 fully saturated rings. The van der Waals surface area contributed by atoms with Crippen molar-refractivity contribution in [3.8, 4) is 5.88 Å². The molecule has 2 aromatic heterocycles. The predicted molar refractivity (Wildman–Crippen MR) is 71.9 cm³/mol. The zero-order valence-electron chi connectivity index (χ0n) is 10.8. The molecule has 19 heavy (non-hydrogen) atoms. The molecule has 0 spiro atoms. The Balaban J connectivity index is 1.82. The van der Waals surface area contributed by atoms with Gasteiger partial charge in [0, 0.05) is 0 Å². The third-order valence-corrected chi connectivity index (χ3v) is 3.14. The average Bonchev–Trinajstić information content (AvgIpc) is 2.89. The van der Waals surface area contributed by atoms with Crippen LogP contribution in [0.25, 0.3) is 11.2 Å². The molecule has 96 valence electrons. The number of aromatic amines is 1. The van der Waals surface area contributed by atoms with Crippen molar-refractivity contribution in [3.63, 3.8) is 0 Å². The summed E-state index contributed by atoms with van der Waals surface area (Å²) in [5.74, 6) is 0.528. The van der Waals surface area contributed by atoms with Gasteiger partial charge in [-0.25, -0.2) is 9.97 Å². The fourth-order valence-corrected chi connectivity index (χ4v) is 1.90. The van der Waals surface area contributed by atoms with Gasteiger partial charge in [-0.15, -0.1) is 0 Å². The quantitative estimate of drug-likeness (QED) is 0.780. The molecule has 0 bridgehead atoms. The molecule has 0 aliphatic rings. The molecule has 0 amide bonds. The third kappa shape index (κ3) is 2.27. The average molecular weight is 254 g/mol. The monoisotopic (exact) mass is 254 g/mol. The van der Waals surface area contributed by atoms with Gasteiger partial charge in [-0.1, -0.05) is 18.2 Å². The van der Waals surface area contributed by atoms with Gasteiger partial charge >= 0.3 is 0 Å². The van der Waals surface area contributed by atoms with E-state index in [1.54, 1.807) is 6.33 Å². The molecule has 0 atom stereocenters. The first-order valence-corrected chi connectivity index (χ1v) is 6.07. The van der Waals surface area contributed by atoms with Crippen LogP contribution in [0.5, 0.6) is 5.88 Å². The Hall–Kier alpha value is -2.43. The highest BCUT2D eigenvalue weighted by molar-refractivity contribution is 5.74. The summed E-state index contributed by atoms with van der Waals surface area (Å²) in [5.41, 5.74) is 5.00. The minimum absolute atomic E-state index is 0.478. The van der Waals surface area contributed by atoms with Crippen molar-refractivity contribution in [2.45, 2.75) is 20.5 Å². The van der Waals surface area contributed by atoms with E-state index in [4.69, 9.17) is 4.74 Å². The van der Waals surface area contributed by atoms with Gasteiger partial charge in [0.25, 0.3) is 0 Å². The smallest absolute Gasteiger partial charge is 0.243 e. The fourth-order valence-electron chi connectivity index (χ4n) is 1.90. The molecule has 0 aliphatic carbocycles. The highest BCUT2D eigenvalue weighted by atomic mass is 16.5. The van der Waals surface area contributed by atoms with E-state index in [1.807, 2.05) is 0 Å². The van der Waals surface area contributed by atoms with E-state index in [9.17, 15) is 0 Å². The van der Waals surface area contributed by atoms with E-state index < -0.39 is 0 Å². The largest absolute Gasteiger partial charge is 0.471 e. The lowest BCUT2D eigenvalue weighted by Crippen LogP contribution is -1.99. The number of rotatable bonds is 3. The molecule has 0 radical (unpaired) electrons. The minimum Gasteiger partial charge on any atom is -0.471 e. The summed E-state index contributed by atoms with van der Waals surface area (Å²) in [6.45, 7) is 4.67. The van der Waals surface area contributed by atoms with Gasteiger partial charge in [-0.05, 0) is 30.5 Å². The van der Waals surface area contributed by atoms with E-state index in [2.05, 4.69) is 52.0 Å². The molecule has 1 N–H and O–H groups in total. The number of aromatic nitrogens is 4. The van der Waals surface area contributed by atoms with Crippen LogP contribution in [-0.4, -0.2) is 19.9 Å². The maximum Gasteiger partial charge on any atom is 0.243 e. The number of aryl methyl sites for hydroxylation is 2. The summed E-state index contributed by atoms with van der Waals surface area (Å²) in [7, 11) is 0. The number of hydrogen-bond donors (Lipinski definition) is 1. The summed E-state index contributed by atoms with van der Waals surface area (Å²) in [6.07, 6.45) is 3.04. The number of ether oxygens (including phenoxy) is 1. The second-order valence-electron chi connectivity index (χ2n) is 4.49. The second-order valence-corrected chi connectivity index (χ2v) is 4.49. The number of nitrogens with zero attached hydrogens (tertiary/aromatic N) is 3. The van der Waals surface area contributed by atoms with E-state index in [0.717, 1.165) is 11.1 Å². The molecule has 3 aromatic rings. The van der Waals surface area contributed by atoms with Gasteiger partial charge < -0.3 is 9.72 Å². The first kappa shape index (κ1) is 11.6. The van der Waals surface area contributed by atoms with Crippen molar-refractivity contribution in [1.29, 1.82) is 0 Å². The number of fused-ring (bicyclic) bond motifs is 1. The SMILES string of the molecule is Cc1ccc(COc2ncnc3nc[nH]c23)cc1C. The Labute approximate surface area is 110 Å². The van der Waals surface area contributed by atoms with Gasteiger partial charge in [0.05, 0.1) is 6.33 Å². The lowest BCUT2D eigenvalue weighted by atomic mass is 10.1. The van der Waals surface area contributed by atoms with Gasteiger partial charge in [-0.3, -0.25) is 0 Å². The van der Waals surface area contributed by atoms with E-state index in [0.29, 0.717) is 18.1 Å². The summed E-state index contributed by atoms with van der Waals surface area (Å²) < 4.78 is 5.74. The maximum absolute atomic E-state index is 5.74. The molecule has 0 saturated heterocycles. The van der Waals surface area contributed by atoms with Crippen molar-refractivity contribution in [3.05, 3.63) is 47.5 Å². The zero-order valence-corrected chi connectivity index (χ0v) is 10.8. The highest BCUT2D eigenvalue weighted by Gasteiger charge is 2.07. The van der Waals surface area contributed by atoms with E-state index in [-0.39, 0.29) is 0 Å². The summed E-state index contributed by atoms with van der Waals surface area (Å²) >= 11 is 0. The Bertz CT molecular complexity index is 720. The standard InChI is InChI=1S/C14H14N4O/c1-9-3-4-11(5-10(9)2)6-19-14-12-13(16-7-15-12)17-8-18-14/h3-5,7-8H,6H2,1-2H3,(H,15,16,17,18). The summed E-state index contributed by atoms with van der Waals surface area (Å²) in [4.78, 5) is 15.2. The van der Waals surface area contributed by atoms with Crippen LogP contribution in [-0.2, 0) is 6.61 Å². The molecular formula is C14H14N4O. The fraction of sp³-hybridized carbons (Fsp3) is 0.214. The number of hydrogen-bond acceptors (Lipinski definition) is 4. The number of benzene rings is 1. The normalized spacial score (nSPS) is 10.8. The maximum atomic E-state index is 5.74. The van der Waals surface area contributed by atoms with Crippen LogP contribution in [0.1, 0.15) is 16.7 Å². The third-order valence-electron chi connectivity index (χ3n) is 3.14. The van der Waals surface area contributed by atoms with Crippen LogP contribution in [0.4, 0.5) is 0 Å². The van der Waals surface area contributed by atoms with Crippen molar-refractivity contribution in [2.24, 2.45) is 0 Å². The van der Waals surface area contributed by atoms with Crippen molar-refractivity contribution >= 4 is 11.2 Å². The molecule has 5 nitrogen and oxygen atoms in total. The number of imidazole rings is 1. The van der Waals surface area contributed by atoms with E-state index in [1.165, 1.54) is 17.5 Å². The molecular weight excluding hydrogens is 240 g/mol. The van der Waals surface area contributed by atoms with Crippen molar-refractivity contribution < 1.29 is 4.74 Å². The van der Waals surface area contributed by atoms with Gasteiger partial charge in [-0.2, -0.15) is 4.98 Å². The Morgan fingerprint density at radius 1 is 1.11 bits per heavy atom. The second kappa shape index (κ2) is 4.68. The zero-order chi connectivity index (χ0) is 13.2. The van der Waals surface area contributed by atoms with E-state index >= 15 is 0 Å². The first-order valence-electron chi connectivity index (χ1n) is 6.07. The predicted octanol–water partition coefficient (Wildman–Crippen LogP) is 2.55. The molecule has 0 saturated carbocycles. The lowest BCUT2D eigenvalue weighted by molar-refractivity contribution is 0.297. The first-order chi connectivity index (χ1) is 9.24. The molecule has 3 rings (SSSR count). The molecule has 5 heteroatoms. The lowest BCUT2D eigenvalue weighted by Gasteiger charge is -2.07. The van der Waals surface area contributed by atoms with Crippen LogP contribution in [0, 0.1) is 13.8 Å².